The molecule has 0 aliphatic carbocycles. The summed E-state index contributed by atoms with van der Waals surface area (Å²) in [5.74, 6) is 1.27. The van der Waals surface area contributed by atoms with Crippen molar-refractivity contribution in [2.24, 2.45) is 5.73 Å². The van der Waals surface area contributed by atoms with Gasteiger partial charge < -0.3 is 5.73 Å². The van der Waals surface area contributed by atoms with Crippen molar-refractivity contribution in [1.29, 1.82) is 0 Å². The lowest BCUT2D eigenvalue weighted by atomic mass is 10.2. The van der Waals surface area contributed by atoms with Crippen LogP contribution in [0.15, 0.2) is 6.33 Å². The van der Waals surface area contributed by atoms with Gasteiger partial charge in [0.2, 0.25) is 0 Å². The van der Waals surface area contributed by atoms with E-state index in [-0.39, 0.29) is 6.04 Å². The van der Waals surface area contributed by atoms with Crippen LogP contribution in [0, 0.1) is 0 Å². The van der Waals surface area contributed by atoms with E-state index in [9.17, 15) is 0 Å². The molecule has 68 valence electrons. The van der Waals surface area contributed by atoms with Gasteiger partial charge in [0.05, 0.1) is 6.54 Å². The number of nitrogens with zero attached hydrogens (tertiary/aromatic N) is 3. The number of nitrogens with two attached hydrogens (primary N) is 1. The highest BCUT2D eigenvalue weighted by molar-refractivity contribution is 4.88. The first kappa shape index (κ1) is 9.19. The van der Waals surface area contributed by atoms with E-state index in [0.29, 0.717) is 5.92 Å². The van der Waals surface area contributed by atoms with E-state index in [4.69, 9.17) is 5.73 Å². The molecule has 4 nitrogen and oxygen atoms in total. The minimum Gasteiger partial charge on any atom is -0.326 e. The highest BCUT2D eigenvalue weighted by atomic mass is 15.3. The number of rotatable bonds is 3. The molecule has 0 saturated heterocycles. The van der Waals surface area contributed by atoms with Gasteiger partial charge in [0, 0.05) is 12.0 Å². The molecule has 1 heterocycles. The molecule has 4 heteroatoms. The minimum atomic E-state index is 0.131. The van der Waals surface area contributed by atoms with Crippen molar-refractivity contribution in [3.8, 4) is 0 Å². The number of aromatic nitrogens is 3. The molecule has 1 aromatic heterocycles. The first-order valence-corrected chi connectivity index (χ1v) is 4.24. The summed E-state index contributed by atoms with van der Waals surface area (Å²) < 4.78 is 1.79. The van der Waals surface area contributed by atoms with Crippen molar-refractivity contribution < 1.29 is 0 Å². The van der Waals surface area contributed by atoms with Crippen LogP contribution in [0.2, 0.25) is 0 Å². The monoisotopic (exact) mass is 168 g/mol. The number of hydrogen-bond acceptors (Lipinski definition) is 3. The van der Waals surface area contributed by atoms with Crippen molar-refractivity contribution >= 4 is 0 Å². The molecule has 1 atom stereocenters. The summed E-state index contributed by atoms with van der Waals surface area (Å²) in [5.41, 5.74) is 5.62. The first-order chi connectivity index (χ1) is 5.59. The van der Waals surface area contributed by atoms with Crippen LogP contribution in [0.5, 0.6) is 0 Å². The standard InChI is InChI=1S/C8H16N4/c1-6(2)8-10-5-12(11-8)4-7(3)9/h5-7H,4,9H2,1-3H3. The molecule has 1 unspecified atom stereocenters. The van der Waals surface area contributed by atoms with Crippen molar-refractivity contribution in [2.45, 2.75) is 39.3 Å². The van der Waals surface area contributed by atoms with Crippen molar-refractivity contribution in [3.63, 3.8) is 0 Å². The maximum Gasteiger partial charge on any atom is 0.153 e. The maximum absolute atomic E-state index is 5.62. The van der Waals surface area contributed by atoms with Gasteiger partial charge >= 0.3 is 0 Å². The van der Waals surface area contributed by atoms with E-state index >= 15 is 0 Å². The molecule has 0 aliphatic heterocycles. The molecule has 0 aliphatic rings. The minimum absolute atomic E-state index is 0.131. The first-order valence-electron chi connectivity index (χ1n) is 4.24. The third kappa shape index (κ3) is 2.30. The zero-order valence-electron chi connectivity index (χ0n) is 7.86. The zero-order valence-corrected chi connectivity index (χ0v) is 7.86. The smallest absolute Gasteiger partial charge is 0.153 e. The third-order valence-electron chi connectivity index (χ3n) is 1.55. The lowest BCUT2D eigenvalue weighted by molar-refractivity contribution is 0.530. The molecular weight excluding hydrogens is 152 g/mol. The fourth-order valence-corrected chi connectivity index (χ4v) is 0.957. The van der Waals surface area contributed by atoms with Crippen LogP contribution in [0.25, 0.3) is 0 Å². The van der Waals surface area contributed by atoms with Gasteiger partial charge in [-0.15, -0.1) is 0 Å². The maximum atomic E-state index is 5.62. The Morgan fingerprint density at radius 3 is 2.58 bits per heavy atom. The predicted molar refractivity (Wildman–Crippen MR) is 47.8 cm³/mol. The molecule has 0 spiro atoms. The summed E-state index contributed by atoms with van der Waals surface area (Å²) in [4.78, 5) is 4.17. The van der Waals surface area contributed by atoms with Gasteiger partial charge in [-0.2, -0.15) is 5.10 Å². The van der Waals surface area contributed by atoms with Gasteiger partial charge in [0.25, 0.3) is 0 Å². The fraction of sp³-hybridized carbons (Fsp3) is 0.750. The van der Waals surface area contributed by atoms with Crippen LogP contribution in [0.1, 0.15) is 32.5 Å². The van der Waals surface area contributed by atoms with Crippen molar-refractivity contribution in [3.05, 3.63) is 12.2 Å². The second-order valence-electron chi connectivity index (χ2n) is 3.46. The topological polar surface area (TPSA) is 56.7 Å². The second-order valence-corrected chi connectivity index (χ2v) is 3.46. The summed E-state index contributed by atoms with van der Waals surface area (Å²) in [6, 6.07) is 0.131. The largest absolute Gasteiger partial charge is 0.326 e. The average molecular weight is 168 g/mol. The molecule has 0 fully saturated rings. The molecule has 2 N–H and O–H groups in total. The van der Waals surface area contributed by atoms with Crippen LogP contribution in [-0.2, 0) is 6.54 Å². The van der Waals surface area contributed by atoms with Gasteiger partial charge in [-0.1, -0.05) is 13.8 Å². The van der Waals surface area contributed by atoms with Crippen LogP contribution >= 0.6 is 0 Å². The molecular formula is C8H16N4. The lowest BCUT2D eigenvalue weighted by Gasteiger charge is -2.03. The van der Waals surface area contributed by atoms with Crippen molar-refractivity contribution in [1.82, 2.24) is 14.8 Å². The lowest BCUT2D eigenvalue weighted by Crippen LogP contribution is -2.22. The molecule has 0 radical (unpaired) electrons. The Hall–Kier alpha value is -0.900. The Bertz CT molecular complexity index is 239. The Morgan fingerprint density at radius 1 is 1.50 bits per heavy atom. The normalized spacial score (nSPS) is 13.8. The van der Waals surface area contributed by atoms with Crippen molar-refractivity contribution in [2.75, 3.05) is 0 Å². The number of hydrogen-bond donors (Lipinski definition) is 1. The van der Waals surface area contributed by atoms with Crippen LogP contribution < -0.4 is 5.73 Å². The Balaban J connectivity index is 2.64. The Labute approximate surface area is 72.8 Å². The summed E-state index contributed by atoms with van der Waals surface area (Å²) in [6.45, 7) is 6.84. The molecule has 0 bridgehead atoms. The second kappa shape index (κ2) is 3.67. The summed E-state index contributed by atoms with van der Waals surface area (Å²) in [7, 11) is 0. The predicted octanol–water partition coefficient (Wildman–Crippen LogP) is 0.749. The molecule has 1 aromatic rings. The van der Waals surface area contributed by atoms with Gasteiger partial charge in [-0.25, -0.2) is 4.98 Å². The highest BCUT2D eigenvalue weighted by Crippen LogP contribution is 2.06. The molecule has 0 saturated carbocycles. The van der Waals surface area contributed by atoms with Gasteiger partial charge in [-0.05, 0) is 6.92 Å². The van der Waals surface area contributed by atoms with E-state index in [0.717, 1.165) is 12.4 Å². The summed E-state index contributed by atoms with van der Waals surface area (Å²) in [5, 5.41) is 4.28. The van der Waals surface area contributed by atoms with Crippen LogP contribution in [-0.4, -0.2) is 20.8 Å². The molecule has 0 amide bonds. The highest BCUT2D eigenvalue weighted by Gasteiger charge is 2.05. The van der Waals surface area contributed by atoms with Gasteiger partial charge in [-0.3, -0.25) is 4.68 Å². The Kier molecular flexibility index (Phi) is 2.81. The van der Waals surface area contributed by atoms with E-state index < -0.39 is 0 Å². The molecule has 1 rings (SSSR count). The third-order valence-corrected chi connectivity index (χ3v) is 1.55. The molecule has 0 aromatic carbocycles. The van der Waals surface area contributed by atoms with E-state index in [1.165, 1.54) is 0 Å². The van der Waals surface area contributed by atoms with E-state index in [1.807, 2.05) is 6.92 Å². The summed E-state index contributed by atoms with van der Waals surface area (Å²) >= 11 is 0. The Morgan fingerprint density at radius 2 is 2.17 bits per heavy atom. The fourth-order valence-electron chi connectivity index (χ4n) is 0.957. The SMILES string of the molecule is CC(N)Cn1cnc(C(C)C)n1. The zero-order chi connectivity index (χ0) is 9.14. The summed E-state index contributed by atoms with van der Waals surface area (Å²) in [6.07, 6.45) is 1.73. The van der Waals surface area contributed by atoms with E-state index in [1.54, 1.807) is 11.0 Å². The molecule has 12 heavy (non-hydrogen) atoms. The quantitative estimate of drug-likeness (QED) is 0.724. The van der Waals surface area contributed by atoms with Crippen LogP contribution in [0.3, 0.4) is 0 Å². The van der Waals surface area contributed by atoms with Crippen LogP contribution in [0.4, 0.5) is 0 Å². The van der Waals surface area contributed by atoms with E-state index in [2.05, 4.69) is 23.9 Å². The van der Waals surface area contributed by atoms with Gasteiger partial charge in [0.15, 0.2) is 5.82 Å². The average Bonchev–Trinajstić information content (AvgIpc) is 2.34. The van der Waals surface area contributed by atoms with Gasteiger partial charge in [0.1, 0.15) is 6.33 Å².